The van der Waals surface area contributed by atoms with Crippen molar-refractivity contribution < 1.29 is 18.3 Å². The molecule has 1 aliphatic rings. The minimum absolute atomic E-state index is 0.0373. The van der Waals surface area contributed by atoms with Crippen molar-refractivity contribution in [2.45, 2.75) is 18.2 Å². The lowest BCUT2D eigenvalue weighted by Gasteiger charge is -2.20. The van der Waals surface area contributed by atoms with Gasteiger partial charge < -0.3 is 5.11 Å². The summed E-state index contributed by atoms with van der Waals surface area (Å²) in [5.41, 5.74) is 0.596. The van der Waals surface area contributed by atoms with Gasteiger partial charge in [0.2, 0.25) is 10.0 Å². The minimum atomic E-state index is -3.60. The molecule has 7 heteroatoms. The summed E-state index contributed by atoms with van der Waals surface area (Å²) in [4.78, 5) is 11.2. The van der Waals surface area contributed by atoms with Gasteiger partial charge in [0.25, 0.3) is 0 Å². The van der Waals surface area contributed by atoms with E-state index in [1.807, 2.05) is 0 Å². The van der Waals surface area contributed by atoms with E-state index < -0.39 is 16.0 Å². The first-order valence-corrected chi connectivity index (χ1v) is 8.94. The molecule has 1 aromatic rings. The first-order valence-electron chi connectivity index (χ1n) is 6.35. The molecule has 20 heavy (non-hydrogen) atoms. The lowest BCUT2D eigenvalue weighted by molar-refractivity contribution is 0.0696. The predicted octanol–water partition coefficient (Wildman–Crippen LogP) is 1.82. The van der Waals surface area contributed by atoms with Crippen LogP contribution < -0.4 is 0 Å². The number of nitrogens with zero attached hydrogens (tertiary/aromatic N) is 1. The molecule has 0 aliphatic carbocycles. The standard InChI is InChI=1S/C13H17NO4S2/c1-10-3-4-11(9-12(10)13(15)16)20(17,18)14-5-2-7-19-8-6-14/h3-4,9H,2,5-8H2,1H3,(H,15,16). The molecule has 1 aromatic carbocycles. The molecule has 0 bridgehead atoms. The van der Waals surface area contributed by atoms with E-state index >= 15 is 0 Å². The van der Waals surface area contributed by atoms with E-state index in [0.717, 1.165) is 17.9 Å². The molecule has 1 saturated heterocycles. The predicted molar refractivity (Wildman–Crippen MR) is 78.8 cm³/mol. The molecule has 1 fully saturated rings. The van der Waals surface area contributed by atoms with Crippen molar-refractivity contribution in [3.05, 3.63) is 29.3 Å². The highest BCUT2D eigenvalue weighted by Gasteiger charge is 2.26. The SMILES string of the molecule is Cc1ccc(S(=O)(=O)N2CCCSCC2)cc1C(=O)O. The van der Waals surface area contributed by atoms with Crippen molar-refractivity contribution in [3.8, 4) is 0 Å². The molecular formula is C13H17NO4S2. The van der Waals surface area contributed by atoms with Crippen molar-refractivity contribution in [1.29, 1.82) is 0 Å². The van der Waals surface area contributed by atoms with Crippen LogP contribution in [0.3, 0.4) is 0 Å². The van der Waals surface area contributed by atoms with E-state index in [4.69, 9.17) is 5.11 Å². The maximum atomic E-state index is 12.5. The van der Waals surface area contributed by atoms with Crippen LogP contribution in [-0.2, 0) is 10.0 Å². The van der Waals surface area contributed by atoms with Gasteiger partial charge in [-0.25, -0.2) is 13.2 Å². The third kappa shape index (κ3) is 3.16. The lowest BCUT2D eigenvalue weighted by Crippen LogP contribution is -2.33. The van der Waals surface area contributed by atoms with Gasteiger partial charge in [0.05, 0.1) is 10.5 Å². The van der Waals surface area contributed by atoms with Crippen molar-refractivity contribution in [1.82, 2.24) is 4.31 Å². The lowest BCUT2D eigenvalue weighted by atomic mass is 10.1. The second kappa shape index (κ2) is 6.15. The number of carboxylic acids is 1. The normalized spacial score (nSPS) is 17.6. The van der Waals surface area contributed by atoms with Gasteiger partial charge in [-0.3, -0.25) is 0 Å². The fourth-order valence-electron chi connectivity index (χ4n) is 2.10. The third-order valence-corrected chi connectivity index (χ3v) is 6.20. The Morgan fingerprint density at radius 1 is 1.30 bits per heavy atom. The van der Waals surface area contributed by atoms with Crippen LogP contribution in [0, 0.1) is 6.92 Å². The molecule has 0 aromatic heterocycles. The minimum Gasteiger partial charge on any atom is -0.478 e. The number of benzene rings is 1. The number of aromatic carboxylic acids is 1. The van der Waals surface area contributed by atoms with E-state index in [9.17, 15) is 13.2 Å². The van der Waals surface area contributed by atoms with Crippen LogP contribution in [0.4, 0.5) is 0 Å². The van der Waals surface area contributed by atoms with E-state index in [2.05, 4.69) is 0 Å². The summed E-state index contributed by atoms with van der Waals surface area (Å²) >= 11 is 1.74. The van der Waals surface area contributed by atoms with Gasteiger partial charge >= 0.3 is 5.97 Å². The number of thioether (sulfide) groups is 1. The highest BCUT2D eigenvalue weighted by Crippen LogP contribution is 2.22. The average molecular weight is 315 g/mol. The Labute approximate surface area is 123 Å². The summed E-state index contributed by atoms with van der Waals surface area (Å²) in [5, 5.41) is 9.10. The Morgan fingerprint density at radius 2 is 2.05 bits per heavy atom. The largest absolute Gasteiger partial charge is 0.478 e. The molecule has 0 saturated carbocycles. The van der Waals surface area contributed by atoms with Crippen molar-refractivity contribution in [3.63, 3.8) is 0 Å². The van der Waals surface area contributed by atoms with Crippen LogP contribution in [0.2, 0.25) is 0 Å². The number of carbonyl (C=O) groups is 1. The molecule has 0 spiro atoms. The molecule has 0 atom stereocenters. The maximum Gasteiger partial charge on any atom is 0.335 e. The first-order chi connectivity index (χ1) is 9.43. The van der Waals surface area contributed by atoms with Crippen molar-refractivity contribution in [2.24, 2.45) is 0 Å². The summed E-state index contributed by atoms with van der Waals surface area (Å²) < 4.78 is 26.5. The maximum absolute atomic E-state index is 12.5. The Hall–Kier alpha value is -1.05. The third-order valence-electron chi connectivity index (χ3n) is 3.26. The Morgan fingerprint density at radius 3 is 2.75 bits per heavy atom. The number of hydrogen-bond donors (Lipinski definition) is 1. The molecule has 2 rings (SSSR count). The van der Waals surface area contributed by atoms with E-state index in [1.165, 1.54) is 16.4 Å². The molecule has 1 aliphatic heterocycles. The smallest absolute Gasteiger partial charge is 0.335 e. The molecule has 1 N–H and O–H groups in total. The summed E-state index contributed by atoms with van der Waals surface area (Å²) in [5.74, 6) is 0.628. The molecule has 0 unspecified atom stereocenters. The molecule has 0 radical (unpaired) electrons. The Kier molecular flexibility index (Phi) is 4.72. The molecule has 110 valence electrons. The van der Waals surface area contributed by atoms with Crippen LogP contribution in [-0.4, -0.2) is 48.4 Å². The van der Waals surface area contributed by atoms with Crippen LogP contribution in [0.1, 0.15) is 22.3 Å². The highest BCUT2D eigenvalue weighted by molar-refractivity contribution is 7.99. The van der Waals surface area contributed by atoms with E-state index in [0.29, 0.717) is 18.7 Å². The van der Waals surface area contributed by atoms with Crippen molar-refractivity contribution >= 4 is 27.8 Å². The monoisotopic (exact) mass is 315 g/mol. The highest BCUT2D eigenvalue weighted by atomic mass is 32.2. The van der Waals surface area contributed by atoms with Gasteiger partial charge in [-0.1, -0.05) is 6.07 Å². The summed E-state index contributed by atoms with van der Waals surface area (Å²) in [6.07, 6.45) is 0.821. The van der Waals surface area contributed by atoms with E-state index in [-0.39, 0.29) is 10.5 Å². The first kappa shape index (κ1) is 15.3. The van der Waals surface area contributed by atoms with Gasteiger partial charge in [0.1, 0.15) is 0 Å². The summed E-state index contributed by atoms with van der Waals surface area (Å²) in [7, 11) is -3.60. The number of sulfonamides is 1. The summed E-state index contributed by atoms with van der Waals surface area (Å²) in [6.45, 7) is 2.62. The zero-order valence-electron chi connectivity index (χ0n) is 11.2. The Balaban J connectivity index is 2.38. The van der Waals surface area contributed by atoms with Crippen LogP contribution in [0.15, 0.2) is 23.1 Å². The fraction of sp³-hybridized carbons (Fsp3) is 0.462. The number of rotatable bonds is 3. The number of hydrogen-bond acceptors (Lipinski definition) is 4. The zero-order chi connectivity index (χ0) is 14.8. The van der Waals surface area contributed by atoms with Gasteiger partial charge in [-0.2, -0.15) is 16.1 Å². The van der Waals surface area contributed by atoms with Gasteiger partial charge in [0, 0.05) is 18.8 Å². The topological polar surface area (TPSA) is 74.7 Å². The number of aryl methyl sites for hydroxylation is 1. The molecule has 5 nitrogen and oxygen atoms in total. The van der Waals surface area contributed by atoms with Gasteiger partial charge in [0.15, 0.2) is 0 Å². The van der Waals surface area contributed by atoms with E-state index in [1.54, 1.807) is 24.8 Å². The van der Waals surface area contributed by atoms with Crippen LogP contribution in [0.25, 0.3) is 0 Å². The van der Waals surface area contributed by atoms with Gasteiger partial charge in [-0.05, 0) is 36.8 Å². The quantitative estimate of drug-likeness (QED) is 0.921. The molecular weight excluding hydrogens is 298 g/mol. The van der Waals surface area contributed by atoms with Crippen molar-refractivity contribution in [2.75, 3.05) is 24.6 Å². The Bertz CT molecular complexity index is 605. The second-order valence-corrected chi connectivity index (χ2v) is 7.81. The zero-order valence-corrected chi connectivity index (χ0v) is 12.8. The van der Waals surface area contributed by atoms with Crippen LogP contribution >= 0.6 is 11.8 Å². The molecule has 1 heterocycles. The fourth-order valence-corrected chi connectivity index (χ4v) is 4.61. The van der Waals surface area contributed by atoms with Crippen LogP contribution in [0.5, 0.6) is 0 Å². The average Bonchev–Trinajstić information content (AvgIpc) is 2.67. The molecule has 0 amide bonds. The summed E-state index contributed by atoms with van der Waals surface area (Å²) in [6, 6.07) is 4.28. The number of carboxylic acid groups (broad SMARTS) is 1. The van der Waals surface area contributed by atoms with Gasteiger partial charge in [-0.15, -0.1) is 0 Å². The second-order valence-electron chi connectivity index (χ2n) is 4.65.